The van der Waals surface area contributed by atoms with Crippen LogP contribution in [0.15, 0.2) is 24.3 Å². The first kappa shape index (κ1) is 11.0. The Morgan fingerprint density at radius 2 is 1.79 bits per heavy atom. The summed E-state index contributed by atoms with van der Waals surface area (Å²) in [6.45, 7) is 0. The van der Waals surface area contributed by atoms with Crippen LogP contribution in [0.3, 0.4) is 0 Å². The van der Waals surface area contributed by atoms with Gasteiger partial charge < -0.3 is 4.52 Å². The fourth-order valence-electron chi connectivity index (χ4n) is 0.858. The molecule has 0 aliphatic heterocycles. The van der Waals surface area contributed by atoms with Crippen LogP contribution in [0.5, 0.6) is 5.75 Å². The van der Waals surface area contributed by atoms with Crippen molar-refractivity contribution in [1.82, 2.24) is 0 Å². The van der Waals surface area contributed by atoms with Crippen molar-refractivity contribution in [3.8, 4) is 5.75 Å². The zero-order valence-electron chi connectivity index (χ0n) is 6.66. The molecule has 1 aromatic carbocycles. The van der Waals surface area contributed by atoms with Crippen LogP contribution in [-0.2, 0) is 4.57 Å². The number of benzene rings is 1. The van der Waals surface area contributed by atoms with Crippen LogP contribution in [0, 0.1) is 0 Å². The van der Waals surface area contributed by atoms with E-state index >= 15 is 0 Å². The van der Waals surface area contributed by atoms with Crippen molar-refractivity contribution < 1.29 is 26.3 Å². The Morgan fingerprint density at radius 1 is 1.21 bits per heavy atom. The molecular weight excluding hydrogens is 223 g/mol. The van der Waals surface area contributed by atoms with Crippen molar-refractivity contribution in [3.05, 3.63) is 29.8 Å². The van der Waals surface area contributed by atoms with Crippen LogP contribution < -0.4 is 4.52 Å². The van der Waals surface area contributed by atoms with Crippen molar-refractivity contribution in [1.29, 1.82) is 0 Å². The third kappa shape index (κ3) is 3.03. The standard InChI is InChI=1S/C7H5F4O2P/c8-7(9)5-3-1-2-4-6(5)13-14(10,11)12/h1-4,7H. The summed E-state index contributed by atoms with van der Waals surface area (Å²) in [7, 11) is -5.79. The molecule has 0 aromatic heterocycles. The predicted octanol–water partition coefficient (Wildman–Crippen LogP) is 4.05. The topological polar surface area (TPSA) is 26.3 Å². The van der Waals surface area contributed by atoms with Crippen LogP contribution in [0.4, 0.5) is 17.2 Å². The van der Waals surface area contributed by atoms with Gasteiger partial charge in [0.2, 0.25) is 0 Å². The molecule has 0 saturated heterocycles. The summed E-state index contributed by atoms with van der Waals surface area (Å²) in [6, 6.07) is 4.32. The van der Waals surface area contributed by atoms with E-state index < -0.39 is 25.7 Å². The highest BCUT2D eigenvalue weighted by Crippen LogP contribution is 2.51. The van der Waals surface area contributed by atoms with E-state index in [1.807, 2.05) is 0 Å². The summed E-state index contributed by atoms with van der Waals surface area (Å²) in [4.78, 5) is 0. The van der Waals surface area contributed by atoms with Crippen LogP contribution in [0.25, 0.3) is 0 Å². The van der Waals surface area contributed by atoms with Crippen molar-refractivity contribution in [2.24, 2.45) is 0 Å². The largest absolute Gasteiger partial charge is 0.610 e. The van der Waals surface area contributed by atoms with Gasteiger partial charge in [-0.2, -0.15) is 0 Å². The molecule has 0 N–H and O–H groups in total. The highest BCUT2D eigenvalue weighted by atomic mass is 31.2. The van der Waals surface area contributed by atoms with Gasteiger partial charge >= 0.3 is 7.99 Å². The average molecular weight is 228 g/mol. The fraction of sp³-hybridized carbons (Fsp3) is 0.143. The van der Waals surface area contributed by atoms with Crippen LogP contribution >= 0.6 is 7.99 Å². The normalized spacial score (nSPS) is 11.8. The zero-order valence-corrected chi connectivity index (χ0v) is 7.56. The number of rotatable bonds is 3. The lowest BCUT2D eigenvalue weighted by Crippen LogP contribution is -1.91. The van der Waals surface area contributed by atoms with Gasteiger partial charge in [-0.25, -0.2) is 13.3 Å². The molecule has 0 aliphatic rings. The van der Waals surface area contributed by atoms with Crippen LogP contribution in [-0.4, -0.2) is 0 Å². The molecule has 0 unspecified atom stereocenters. The van der Waals surface area contributed by atoms with Crippen molar-refractivity contribution in [2.45, 2.75) is 6.43 Å². The average Bonchev–Trinajstić information content (AvgIpc) is 2.01. The van der Waals surface area contributed by atoms with E-state index in [1.54, 1.807) is 0 Å². The molecule has 0 radical (unpaired) electrons. The van der Waals surface area contributed by atoms with Gasteiger partial charge in [0.25, 0.3) is 6.43 Å². The predicted molar refractivity (Wildman–Crippen MR) is 41.8 cm³/mol. The van der Waals surface area contributed by atoms with Gasteiger partial charge in [0.1, 0.15) is 5.75 Å². The summed E-state index contributed by atoms with van der Waals surface area (Å²) in [5.41, 5.74) is -0.706. The second kappa shape index (κ2) is 4.00. The second-order valence-corrected chi connectivity index (χ2v) is 3.36. The second-order valence-electron chi connectivity index (χ2n) is 2.34. The quantitative estimate of drug-likeness (QED) is 0.576. The molecule has 0 bridgehead atoms. The van der Waals surface area contributed by atoms with Gasteiger partial charge in [0.15, 0.2) is 0 Å². The van der Waals surface area contributed by atoms with Crippen LogP contribution in [0.2, 0.25) is 0 Å². The third-order valence-corrected chi connectivity index (χ3v) is 1.77. The van der Waals surface area contributed by atoms with Gasteiger partial charge in [-0.1, -0.05) is 12.1 Å². The Morgan fingerprint density at radius 3 is 2.29 bits per heavy atom. The number of hydrogen-bond acceptors (Lipinski definition) is 2. The molecule has 0 atom stereocenters. The molecule has 0 spiro atoms. The van der Waals surface area contributed by atoms with E-state index in [-0.39, 0.29) is 0 Å². The summed E-state index contributed by atoms with van der Waals surface area (Å²) in [5.74, 6) is -0.754. The lowest BCUT2D eigenvalue weighted by Gasteiger charge is -2.08. The molecule has 78 valence electrons. The monoisotopic (exact) mass is 228 g/mol. The lowest BCUT2D eigenvalue weighted by atomic mass is 10.2. The first-order chi connectivity index (χ1) is 6.40. The first-order valence-corrected chi connectivity index (χ1v) is 4.87. The van der Waals surface area contributed by atoms with E-state index in [2.05, 4.69) is 4.52 Å². The van der Waals surface area contributed by atoms with E-state index in [1.165, 1.54) is 12.1 Å². The van der Waals surface area contributed by atoms with Gasteiger partial charge in [-0.3, -0.25) is 0 Å². The van der Waals surface area contributed by atoms with Crippen molar-refractivity contribution in [3.63, 3.8) is 0 Å². The Kier molecular flexibility index (Phi) is 3.16. The fourth-order valence-corrected chi connectivity index (χ4v) is 1.25. The first-order valence-electron chi connectivity index (χ1n) is 3.46. The van der Waals surface area contributed by atoms with Crippen molar-refractivity contribution in [2.75, 3.05) is 0 Å². The zero-order chi connectivity index (χ0) is 10.8. The molecule has 7 heteroatoms. The Hall–Kier alpha value is -1.03. The Balaban J connectivity index is 3.02. The molecule has 0 amide bonds. The lowest BCUT2D eigenvalue weighted by molar-refractivity contribution is 0.148. The molecule has 0 heterocycles. The van der Waals surface area contributed by atoms with Crippen molar-refractivity contribution >= 4 is 7.99 Å². The number of para-hydroxylation sites is 1. The highest BCUT2D eigenvalue weighted by Gasteiger charge is 2.25. The van der Waals surface area contributed by atoms with Gasteiger partial charge in [-0.15, -0.1) is 8.39 Å². The minimum atomic E-state index is -5.79. The van der Waals surface area contributed by atoms with E-state index in [0.29, 0.717) is 0 Å². The van der Waals surface area contributed by atoms with E-state index in [9.17, 15) is 21.7 Å². The van der Waals surface area contributed by atoms with Gasteiger partial charge in [0, 0.05) is 0 Å². The molecule has 14 heavy (non-hydrogen) atoms. The van der Waals surface area contributed by atoms with E-state index in [0.717, 1.165) is 12.1 Å². The maximum Gasteiger partial charge on any atom is 0.610 e. The van der Waals surface area contributed by atoms with Gasteiger partial charge in [0.05, 0.1) is 5.56 Å². The molecule has 0 aliphatic carbocycles. The van der Waals surface area contributed by atoms with Crippen LogP contribution in [0.1, 0.15) is 12.0 Å². The smallest absolute Gasteiger partial charge is 0.397 e. The third-order valence-electron chi connectivity index (χ3n) is 1.36. The summed E-state index contributed by atoms with van der Waals surface area (Å²) >= 11 is 0. The highest BCUT2D eigenvalue weighted by molar-refractivity contribution is 7.48. The molecular formula is C7H5F4O2P. The summed E-state index contributed by atoms with van der Waals surface area (Å²) in [5, 5.41) is 0. The number of halogens is 4. The minimum absolute atomic E-state index is 0.706. The number of hydrogen-bond donors (Lipinski definition) is 0. The minimum Gasteiger partial charge on any atom is -0.397 e. The number of alkyl halides is 2. The Labute approximate surface area is 77.2 Å². The Bertz CT molecular complexity index is 362. The molecule has 2 nitrogen and oxygen atoms in total. The molecule has 1 rings (SSSR count). The molecule has 0 fully saturated rings. The molecule has 1 aromatic rings. The van der Waals surface area contributed by atoms with Gasteiger partial charge in [-0.05, 0) is 12.1 Å². The maximum absolute atomic E-state index is 12.2. The molecule has 0 saturated carbocycles. The summed E-state index contributed by atoms with van der Waals surface area (Å²) < 4.78 is 61.9. The van der Waals surface area contributed by atoms with E-state index in [4.69, 9.17) is 0 Å². The summed E-state index contributed by atoms with van der Waals surface area (Å²) in [6.07, 6.45) is -2.95. The maximum atomic E-state index is 12.2. The SMILES string of the molecule is O=P(F)(F)Oc1ccccc1C(F)F.